The SMILES string of the molecule is C#C[C@@]1(O)[C@@H](COC(Cc2ccccc2)(C(=O)O)C(=O)O)O[C@@H](n2cnc3c(NC4CCCC4)nc(Cl)nc32)[C@@H]1O. The molecule has 14 heteroatoms. The number of carboxylic acid groups (broad SMARTS) is 2. The van der Waals surface area contributed by atoms with Crippen LogP contribution in [0, 0.1) is 12.3 Å². The molecule has 2 aliphatic rings. The van der Waals surface area contributed by atoms with Crippen molar-refractivity contribution in [2.24, 2.45) is 0 Å². The third-order valence-electron chi connectivity index (χ3n) is 7.58. The summed E-state index contributed by atoms with van der Waals surface area (Å²) in [6.45, 7) is -0.781. The summed E-state index contributed by atoms with van der Waals surface area (Å²) in [7, 11) is 0. The number of hydrogen-bond acceptors (Lipinski definition) is 10. The zero-order chi connectivity index (χ0) is 29.4. The van der Waals surface area contributed by atoms with Crippen LogP contribution in [0.2, 0.25) is 5.28 Å². The van der Waals surface area contributed by atoms with Gasteiger partial charge in [0, 0.05) is 12.5 Å². The number of nitrogens with one attached hydrogen (secondary N) is 1. The fourth-order valence-corrected chi connectivity index (χ4v) is 5.44. The Balaban J connectivity index is 1.43. The number of terminal acetylenes is 1. The third-order valence-corrected chi connectivity index (χ3v) is 7.75. The van der Waals surface area contributed by atoms with E-state index in [9.17, 15) is 30.0 Å². The molecule has 3 aromatic rings. The van der Waals surface area contributed by atoms with Gasteiger partial charge in [0.05, 0.1) is 12.9 Å². The van der Waals surface area contributed by atoms with Crippen LogP contribution in [-0.2, 0) is 25.5 Å². The maximum absolute atomic E-state index is 12.2. The van der Waals surface area contributed by atoms with Crippen molar-refractivity contribution in [1.29, 1.82) is 0 Å². The van der Waals surface area contributed by atoms with Gasteiger partial charge in [0.2, 0.25) is 5.28 Å². The molecule has 4 atom stereocenters. The Bertz CT molecular complexity index is 1470. The second kappa shape index (κ2) is 11.2. The summed E-state index contributed by atoms with van der Waals surface area (Å²) in [5.41, 5.74) is -4.20. The van der Waals surface area contributed by atoms with E-state index in [-0.39, 0.29) is 17.0 Å². The van der Waals surface area contributed by atoms with Crippen LogP contribution in [0.1, 0.15) is 37.5 Å². The van der Waals surface area contributed by atoms with E-state index in [1.54, 1.807) is 30.3 Å². The van der Waals surface area contributed by atoms with E-state index in [0.29, 0.717) is 16.9 Å². The molecule has 5 N–H and O–H groups in total. The van der Waals surface area contributed by atoms with Gasteiger partial charge in [0.1, 0.15) is 12.2 Å². The van der Waals surface area contributed by atoms with Gasteiger partial charge < -0.3 is 35.2 Å². The van der Waals surface area contributed by atoms with Crippen LogP contribution in [0.3, 0.4) is 0 Å². The van der Waals surface area contributed by atoms with Gasteiger partial charge in [-0.15, -0.1) is 6.42 Å². The Kier molecular flexibility index (Phi) is 7.87. The number of benzene rings is 1. The van der Waals surface area contributed by atoms with Crippen LogP contribution in [0.25, 0.3) is 11.2 Å². The average Bonchev–Trinajstić information content (AvgIpc) is 3.67. The predicted octanol–water partition coefficient (Wildman–Crippen LogP) is 1.62. The number of aromatic nitrogens is 4. The van der Waals surface area contributed by atoms with E-state index < -0.39 is 54.6 Å². The van der Waals surface area contributed by atoms with E-state index in [2.05, 4.69) is 26.2 Å². The first-order chi connectivity index (χ1) is 19.6. The zero-order valence-electron chi connectivity index (χ0n) is 21.7. The van der Waals surface area contributed by atoms with Gasteiger partial charge in [-0.1, -0.05) is 49.1 Å². The number of carboxylic acids is 2. The van der Waals surface area contributed by atoms with Crippen molar-refractivity contribution in [3.63, 3.8) is 0 Å². The van der Waals surface area contributed by atoms with E-state index in [1.807, 2.05) is 0 Å². The molecule has 1 aliphatic carbocycles. The molecular formula is C27H28ClN5O8. The van der Waals surface area contributed by atoms with Crippen molar-refractivity contribution in [3.05, 3.63) is 47.5 Å². The molecule has 0 spiro atoms. The van der Waals surface area contributed by atoms with Gasteiger partial charge in [-0.25, -0.2) is 14.6 Å². The van der Waals surface area contributed by atoms with Crippen molar-refractivity contribution in [2.75, 3.05) is 11.9 Å². The Labute approximate surface area is 239 Å². The molecule has 13 nitrogen and oxygen atoms in total. The van der Waals surface area contributed by atoms with Gasteiger partial charge >= 0.3 is 11.9 Å². The first kappa shape index (κ1) is 28.7. The number of rotatable bonds is 10. The normalized spacial score (nSPS) is 24.9. The van der Waals surface area contributed by atoms with Gasteiger partial charge in [-0.3, -0.25) is 4.57 Å². The van der Waals surface area contributed by atoms with E-state index in [1.165, 1.54) is 10.9 Å². The minimum atomic E-state index is -2.73. The number of carbonyl (C=O) groups is 2. The highest BCUT2D eigenvalue weighted by Gasteiger charge is 2.58. The second-order valence-electron chi connectivity index (χ2n) is 10.1. The standard InChI is InChI=1S/C27H28ClN5O8/c1-2-26(39)17(13-40-27(23(35)36,24(37)38)12-15-8-4-3-5-9-15)41-22(19(26)34)33-14-29-18-20(30-16-10-6-7-11-16)31-25(28)32-21(18)33/h1,3-5,8-9,14,16-17,19,22,34,39H,6-7,10-13H2,(H,35,36)(H,37,38)(H,30,31,32)/t17-,19+,22-,26-/m1/s1. The molecule has 1 aromatic carbocycles. The molecule has 0 unspecified atom stereocenters. The van der Waals surface area contributed by atoms with Crippen LogP contribution in [0.15, 0.2) is 36.7 Å². The summed E-state index contributed by atoms with van der Waals surface area (Å²) in [4.78, 5) is 37.3. The minimum Gasteiger partial charge on any atom is -0.479 e. The summed E-state index contributed by atoms with van der Waals surface area (Å²) in [6.07, 6.45) is 5.81. The predicted molar refractivity (Wildman–Crippen MR) is 144 cm³/mol. The summed E-state index contributed by atoms with van der Waals surface area (Å²) in [5.74, 6) is -1.03. The molecule has 1 saturated heterocycles. The zero-order valence-corrected chi connectivity index (χ0v) is 22.4. The molecule has 2 fully saturated rings. The Morgan fingerprint density at radius 2 is 1.90 bits per heavy atom. The number of nitrogens with zero attached hydrogens (tertiary/aromatic N) is 4. The number of halogens is 1. The maximum Gasteiger partial charge on any atom is 0.348 e. The highest BCUT2D eigenvalue weighted by atomic mass is 35.5. The van der Waals surface area contributed by atoms with Crippen molar-refractivity contribution in [1.82, 2.24) is 19.5 Å². The smallest absolute Gasteiger partial charge is 0.348 e. The van der Waals surface area contributed by atoms with Gasteiger partial charge in [-0.05, 0) is 30.0 Å². The van der Waals surface area contributed by atoms with E-state index >= 15 is 0 Å². The molecule has 0 radical (unpaired) electrons. The van der Waals surface area contributed by atoms with Crippen LogP contribution in [-0.4, -0.2) is 87.9 Å². The van der Waals surface area contributed by atoms with Gasteiger partial charge in [0.25, 0.3) is 5.60 Å². The highest BCUT2D eigenvalue weighted by Crippen LogP contribution is 2.40. The van der Waals surface area contributed by atoms with Crippen LogP contribution >= 0.6 is 11.6 Å². The molecule has 216 valence electrons. The Hall–Kier alpha value is -3.80. The van der Waals surface area contributed by atoms with Gasteiger partial charge in [0.15, 0.2) is 28.8 Å². The van der Waals surface area contributed by atoms with E-state index in [4.69, 9.17) is 27.5 Å². The molecule has 3 heterocycles. The molecule has 41 heavy (non-hydrogen) atoms. The minimum absolute atomic E-state index is 0.0899. The lowest BCUT2D eigenvalue weighted by atomic mass is 9.92. The number of fused-ring (bicyclic) bond motifs is 1. The average molecular weight is 586 g/mol. The fourth-order valence-electron chi connectivity index (χ4n) is 5.28. The van der Waals surface area contributed by atoms with Crippen molar-refractivity contribution in [2.45, 2.75) is 67.8 Å². The quantitative estimate of drug-likeness (QED) is 0.131. The Morgan fingerprint density at radius 3 is 2.54 bits per heavy atom. The number of aliphatic hydroxyl groups excluding tert-OH is 1. The monoisotopic (exact) mass is 585 g/mol. The van der Waals surface area contributed by atoms with Crippen molar-refractivity contribution < 1.29 is 39.5 Å². The number of aliphatic carboxylic acids is 2. The number of imidazole rings is 1. The van der Waals surface area contributed by atoms with Crippen molar-refractivity contribution >= 4 is 40.5 Å². The van der Waals surface area contributed by atoms with Crippen molar-refractivity contribution in [3.8, 4) is 12.3 Å². The first-order valence-corrected chi connectivity index (χ1v) is 13.3. The lowest BCUT2D eigenvalue weighted by Gasteiger charge is -2.30. The summed E-state index contributed by atoms with van der Waals surface area (Å²) >= 11 is 6.20. The molecule has 2 aromatic heterocycles. The lowest BCUT2D eigenvalue weighted by Crippen LogP contribution is -2.55. The molecule has 5 rings (SSSR count). The molecule has 0 bridgehead atoms. The fraction of sp³-hybridized carbons (Fsp3) is 0.444. The van der Waals surface area contributed by atoms with Gasteiger partial charge in [-0.2, -0.15) is 9.97 Å². The topological polar surface area (TPSA) is 189 Å². The summed E-state index contributed by atoms with van der Waals surface area (Å²) in [6, 6.07) is 8.25. The van der Waals surface area contributed by atoms with Crippen LogP contribution < -0.4 is 5.32 Å². The van der Waals surface area contributed by atoms with E-state index in [0.717, 1.165) is 25.7 Å². The number of aliphatic hydroxyl groups is 2. The Morgan fingerprint density at radius 1 is 1.22 bits per heavy atom. The highest BCUT2D eigenvalue weighted by molar-refractivity contribution is 6.28. The maximum atomic E-state index is 12.2. The lowest BCUT2D eigenvalue weighted by molar-refractivity contribution is -0.191. The van der Waals surface area contributed by atoms with Crippen LogP contribution in [0.5, 0.6) is 0 Å². The third kappa shape index (κ3) is 5.20. The largest absolute Gasteiger partial charge is 0.479 e. The molecular weight excluding hydrogens is 558 g/mol. The summed E-state index contributed by atoms with van der Waals surface area (Å²) in [5, 5.41) is 45.4. The molecule has 1 saturated carbocycles. The van der Waals surface area contributed by atoms with Crippen LogP contribution in [0.4, 0.5) is 5.82 Å². The molecule has 1 aliphatic heterocycles. The number of hydrogen-bond donors (Lipinski definition) is 5. The molecule has 0 amide bonds. The second-order valence-corrected chi connectivity index (χ2v) is 10.5. The first-order valence-electron chi connectivity index (χ1n) is 12.9. The number of anilines is 1. The number of ether oxygens (including phenoxy) is 2. The summed E-state index contributed by atoms with van der Waals surface area (Å²) < 4.78 is 12.7.